The number of rotatable bonds is 3. The molecule has 112 valence electrons. The summed E-state index contributed by atoms with van der Waals surface area (Å²) in [5.41, 5.74) is -0.629. The summed E-state index contributed by atoms with van der Waals surface area (Å²) >= 11 is 0. The maximum atomic E-state index is 12.1. The molecular formula is C14H21NO5. The fraction of sp³-hybridized carbons (Fsp3) is 0.714. The predicted octanol–water partition coefficient (Wildman–Crippen LogP) is 1.19. The molecule has 1 saturated heterocycles. The topological polar surface area (TPSA) is 65.1 Å². The van der Waals surface area contributed by atoms with Gasteiger partial charge in [-0.15, -0.1) is 6.42 Å². The van der Waals surface area contributed by atoms with Crippen molar-refractivity contribution >= 4 is 12.1 Å². The quantitative estimate of drug-likeness (QED) is 0.575. The third kappa shape index (κ3) is 4.42. The second-order valence-corrected chi connectivity index (χ2v) is 5.54. The Labute approximate surface area is 119 Å². The minimum atomic E-state index is -0.697. The van der Waals surface area contributed by atoms with E-state index in [1.165, 1.54) is 12.0 Å². The van der Waals surface area contributed by atoms with Gasteiger partial charge in [0, 0.05) is 6.42 Å². The second-order valence-electron chi connectivity index (χ2n) is 5.54. The molecule has 6 heteroatoms. The van der Waals surface area contributed by atoms with Crippen molar-refractivity contribution in [1.29, 1.82) is 0 Å². The van der Waals surface area contributed by atoms with E-state index in [4.69, 9.17) is 20.6 Å². The van der Waals surface area contributed by atoms with Crippen LogP contribution in [-0.2, 0) is 19.0 Å². The van der Waals surface area contributed by atoms with Crippen molar-refractivity contribution in [3.63, 3.8) is 0 Å². The van der Waals surface area contributed by atoms with E-state index in [-0.39, 0.29) is 19.3 Å². The van der Waals surface area contributed by atoms with Crippen LogP contribution in [0.25, 0.3) is 0 Å². The van der Waals surface area contributed by atoms with E-state index in [0.29, 0.717) is 6.42 Å². The van der Waals surface area contributed by atoms with Gasteiger partial charge in [-0.2, -0.15) is 0 Å². The zero-order valence-corrected chi connectivity index (χ0v) is 12.3. The van der Waals surface area contributed by atoms with Crippen LogP contribution < -0.4 is 0 Å². The Balaban J connectivity index is 2.76. The van der Waals surface area contributed by atoms with Crippen LogP contribution in [0.15, 0.2) is 0 Å². The summed E-state index contributed by atoms with van der Waals surface area (Å²) in [5, 5.41) is 0. The average molecular weight is 283 g/mol. The van der Waals surface area contributed by atoms with Crippen molar-refractivity contribution in [2.75, 3.05) is 20.3 Å². The molecule has 1 heterocycles. The molecule has 0 spiro atoms. The van der Waals surface area contributed by atoms with Crippen LogP contribution in [0.3, 0.4) is 0 Å². The fourth-order valence-electron chi connectivity index (χ4n) is 1.97. The SMILES string of the molecule is C#CCO[C@@H]1C[C@@H](C(=O)OC)N(C(=O)OC(C)(C)C)C1. The Morgan fingerprint density at radius 2 is 2.05 bits per heavy atom. The molecule has 0 saturated carbocycles. The number of nitrogens with zero attached hydrogens (tertiary/aromatic N) is 1. The minimum Gasteiger partial charge on any atom is -0.467 e. The van der Waals surface area contributed by atoms with Crippen molar-refractivity contribution in [1.82, 2.24) is 4.90 Å². The van der Waals surface area contributed by atoms with Gasteiger partial charge >= 0.3 is 12.1 Å². The van der Waals surface area contributed by atoms with E-state index in [1.807, 2.05) is 0 Å². The Morgan fingerprint density at radius 3 is 2.55 bits per heavy atom. The first-order valence-corrected chi connectivity index (χ1v) is 6.41. The summed E-state index contributed by atoms with van der Waals surface area (Å²) < 4.78 is 15.4. The number of carbonyl (C=O) groups excluding carboxylic acids is 2. The lowest BCUT2D eigenvalue weighted by atomic mass is 10.2. The zero-order valence-electron chi connectivity index (χ0n) is 12.3. The molecule has 1 amide bonds. The van der Waals surface area contributed by atoms with Crippen molar-refractivity contribution < 1.29 is 23.8 Å². The van der Waals surface area contributed by atoms with E-state index >= 15 is 0 Å². The normalized spacial score (nSPS) is 22.2. The van der Waals surface area contributed by atoms with Gasteiger partial charge < -0.3 is 14.2 Å². The van der Waals surface area contributed by atoms with Gasteiger partial charge in [0.2, 0.25) is 0 Å². The van der Waals surface area contributed by atoms with Crippen LogP contribution in [0, 0.1) is 12.3 Å². The molecule has 2 atom stereocenters. The van der Waals surface area contributed by atoms with E-state index in [1.54, 1.807) is 20.8 Å². The second kappa shape index (κ2) is 6.62. The number of carbonyl (C=O) groups is 2. The van der Waals surface area contributed by atoms with Crippen molar-refractivity contribution in [2.24, 2.45) is 0 Å². The third-order valence-electron chi connectivity index (χ3n) is 2.77. The molecule has 0 aromatic heterocycles. The monoisotopic (exact) mass is 283 g/mol. The number of amides is 1. The van der Waals surface area contributed by atoms with Gasteiger partial charge in [0.15, 0.2) is 0 Å². The molecule has 0 N–H and O–H groups in total. The number of esters is 1. The molecular weight excluding hydrogens is 262 g/mol. The fourth-order valence-corrected chi connectivity index (χ4v) is 1.97. The number of hydrogen-bond acceptors (Lipinski definition) is 5. The van der Waals surface area contributed by atoms with E-state index in [9.17, 15) is 9.59 Å². The number of ether oxygens (including phenoxy) is 3. The molecule has 0 aliphatic carbocycles. The molecule has 1 aliphatic heterocycles. The highest BCUT2D eigenvalue weighted by Gasteiger charge is 2.42. The van der Waals surface area contributed by atoms with Gasteiger partial charge in [-0.25, -0.2) is 9.59 Å². The summed E-state index contributed by atoms with van der Waals surface area (Å²) in [5.74, 6) is 1.88. The van der Waals surface area contributed by atoms with Gasteiger partial charge in [0.25, 0.3) is 0 Å². The Bertz CT molecular complexity index is 407. The van der Waals surface area contributed by atoms with Crippen LogP contribution in [0.4, 0.5) is 4.79 Å². The van der Waals surface area contributed by atoms with Crippen LogP contribution in [0.2, 0.25) is 0 Å². The molecule has 0 aromatic carbocycles. The Morgan fingerprint density at radius 1 is 1.40 bits per heavy atom. The molecule has 1 fully saturated rings. The van der Waals surface area contributed by atoms with Crippen molar-refractivity contribution in [3.8, 4) is 12.3 Å². The summed E-state index contributed by atoms with van der Waals surface area (Å²) in [6.07, 6.45) is 4.64. The first-order chi connectivity index (χ1) is 9.28. The summed E-state index contributed by atoms with van der Waals surface area (Å²) in [4.78, 5) is 25.2. The standard InChI is InChI=1S/C14H21NO5/c1-6-7-19-10-8-11(12(16)18-5)15(9-10)13(17)20-14(2,3)4/h1,10-11H,7-9H2,2-5H3/t10-,11+/m1/s1. The van der Waals surface area contributed by atoms with Crippen LogP contribution in [0.1, 0.15) is 27.2 Å². The number of terminal acetylenes is 1. The van der Waals surface area contributed by atoms with Crippen LogP contribution in [0.5, 0.6) is 0 Å². The van der Waals surface area contributed by atoms with Gasteiger partial charge in [-0.3, -0.25) is 4.90 Å². The van der Waals surface area contributed by atoms with E-state index in [0.717, 1.165) is 0 Å². The highest BCUT2D eigenvalue weighted by Crippen LogP contribution is 2.24. The van der Waals surface area contributed by atoms with Crippen LogP contribution in [-0.4, -0.2) is 55.0 Å². The first-order valence-electron chi connectivity index (χ1n) is 6.41. The highest BCUT2D eigenvalue weighted by molar-refractivity contribution is 5.82. The molecule has 0 aromatic rings. The van der Waals surface area contributed by atoms with Crippen LogP contribution >= 0.6 is 0 Å². The molecule has 1 aliphatic rings. The van der Waals surface area contributed by atoms with Gasteiger partial charge in [-0.1, -0.05) is 5.92 Å². The third-order valence-corrected chi connectivity index (χ3v) is 2.77. The Hall–Kier alpha value is -1.74. The molecule has 0 radical (unpaired) electrons. The Kier molecular flexibility index (Phi) is 5.40. The summed E-state index contributed by atoms with van der Waals surface area (Å²) in [7, 11) is 1.28. The summed E-state index contributed by atoms with van der Waals surface area (Å²) in [6.45, 7) is 5.69. The molecule has 1 rings (SSSR count). The van der Waals surface area contributed by atoms with Crippen molar-refractivity contribution in [3.05, 3.63) is 0 Å². The number of methoxy groups -OCH3 is 1. The summed E-state index contributed by atoms with van der Waals surface area (Å²) in [6, 6.07) is -0.697. The van der Waals surface area contributed by atoms with Gasteiger partial charge in [-0.05, 0) is 20.8 Å². The molecule has 20 heavy (non-hydrogen) atoms. The number of hydrogen-bond donors (Lipinski definition) is 0. The molecule has 0 unspecified atom stereocenters. The van der Waals surface area contributed by atoms with E-state index < -0.39 is 23.7 Å². The molecule has 0 bridgehead atoms. The lowest BCUT2D eigenvalue weighted by molar-refractivity contribution is -0.145. The zero-order chi connectivity index (χ0) is 15.3. The average Bonchev–Trinajstić information content (AvgIpc) is 2.77. The molecule has 6 nitrogen and oxygen atoms in total. The van der Waals surface area contributed by atoms with Gasteiger partial charge in [0.05, 0.1) is 19.8 Å². The van der Waals surface area contributed by atoms with E-state index in [2.05, 4.69) is 5.92 Å². The highest BCUT2D eigenvalue weighted by atomic mass is 16.6. The predicted molar refractivity (Wildman–Crippen MR) is 71.9 cm³/mol. The van der Waals surface area contributed by atoms with Crippen molar-refractivity contribution in [2.45, 2.75) is 44.9 Å². The first kappa shape index (κ1) is 16.3. The minimum absolute atomic E-state index is 0.140. The maximum absolute atomic E-state index is 12.1. The lowest BCUT2D eigenvalue weighted by Gasteiger charge is -2.27. The maximum Gasteiger partial charge on any atom is 0.411 e. The smallest absolute Gasteiger partial charge is 0.411 e. The number of likely N-dealkylation sites (tertiary alicyclic amines) is 1. The van der Waals surface area contributed by atoms with Gasteiger partial charge in [0.1, 0.15) is 18.2 Å². The lowest BCUT2D eigenvalue weighted by Crippen LogP contribution is -2.44. The largest absolute Gasteiger partial charge is 0.467 e.